The Labute approximate surface area is 102 Å². The van der Waals surface area contributed by atoms with Gasteiger partial charge in [0.1, 0.15) is 5.82 Å². The van der Waals surface area contributed by atoms with E-state index in [-0.39, 0.29) is 12.0 Å². The van der Waals surface area contributed by atoms with Crippen molar-refractivity contribution in [1.29, 1.82) is 0 Å². The van der Waals surface area contributed by atoms with E-state index in [1.54, 1.807) is 11.6 Å². The van der Waals surface area contributed by atoms with Gasteiger partial charge in [-0.3, -0.25) is 0 Å². The van der Waals surface area contributed by atoms with Crippen molar-refractivity contribution in [2.75, 3.05) is 12.3 Å². The Morgan fingerprint density at radius 1 is 1.47 bits per heavy atom. The van der Waals surface area contributed by atoms with Gasteiger partial charge in [-0.25, -0.2) is 9.48 Å². The lowest BCUT2D eigenvalue weighted by Gasteiger charge is -2.07. The third-order valence-electron chi connectivity index (χ3n) is 2.51. The van der Waals surface area contributed by atoms with E-state index >= 15 is 0 Å². The van der Waals surface area contributed by atoms with E-state index in [1.807, 2.05) is 20.8 Å². The zero-order valence-corrected chi connectivity index (χ0v) is 11.0. The zero-order chi connectivity index (χ0) is 13.0. The van der Waals surface area contributed by atoms with E-state index in [2.05, 4.69) is 5.10 Å². The first kappa shape index (κ1) is 13.5. The van der Waals surface area contributed by atoms with Crippen molar-refractivity contribution in [3.8, 4) is 0 Å². The van der Waals surface area contributed by atoms with Crippen molar-refractivity contribution in [2.45, 2.75) is 46.6 Å². The van der Waals surface area contributed by atoms with E-state index in [0.29, 0.717) is 18.1 Å². The second kappa shape index (κ2) is 5.70. The average molecular weight is 239 g/mol. The number of carbonyl (C=O) groups is 1. The standard InChI is InChI=1S/C12H21N3O2/c1-5-7-9-10(12(16)17-6-2)14-15(8(3)4)11(9)13/h8H,5-7,13H2,1-4H3. The van der Waals surface area contributed by atoms with Gasteiger partial charge < -0.3 is 10.5 Å². The van der Waals surface area contributed by atoms with Gasteiger partial charge >= 0.3 is 5.97 Å². The van der Waals surface area contributed by atoms with Crippen LogP contribution >= 0.6 is 0 Å². The Morgan fingerprint density at radius 2 is 2.12 bits per heavy atom. The molecule has 96 valence electrons. The molecule has 0 aliphatic heterocycles. The van der Waals surface area contributed by atoms with Gasteiger partial charge in [0.05, 0.1) is 6.61 Å². The van der Waals surface area contributed by atoms with Crippen LogP contribution in [0, 0.1) is 0 Å². The molecule has 1 rings (SSSR count). The molecule has 5 nitrogen and oxygen atoms in total. The van der Waals surface area contributed by atoms with Crippen LogP contribution in [0.5, 0.6) is 0 Å². The van der Waals surface area contributed by atoms with Crippen LogP contribution in [0.25, 0.3) is 0 Å². The van der Waals surface area contributed by atoms with Gasteiger partial charge in [0.25, 0.3) is 0 Å². The van der Waals surface area contributed by atoms with Gasteiger partial charge in [0.15, 0.2) is 5.69 Å². The number of hydrogen-bond donors (Lipinski definition) is 1. The summed E-state index contributed by atoms with van der Waals surface area (Å²) in [5, 5.41) is 4.26. The fourth-order valence-corrected chi connectivity index (χ4v) is 1.74. The van der Waals surface area contributed by atoms with Crippen LogP contribution in [0.4, 0.5) is 5.82 Å². The fraction of sp³-hybridized carbons (Fsp3) is 0.667. The molecule has 1 aromatic rings. The van der Waals surface area contributed by atoms with Crippen molar-refractivity contribution >= 4 is 11.8 Å². The van der Waals surface area contributed by atoms with E-state index in [9.17, 15) is 4.79 Å². The van der Waals surface area contributed by atoms with Gasteiger partial charge in [-0.1, -0.05) is 13.3 Å². The van der Waals surface area contributed by atoms with Crippen LogP contribution in [0.2, 0.25) is 0 Å². The van der Waals surface area contributed by atoms with Crippen molar-refractivity contribution in [3.05, 3.63) is 11.3 Å². The first-order valence-corrected chi connectivity index (χ1v) is 6.06. The normalized spacial score (nSPS) is 10.9. The molecule has 0 aromatic carbocycles. The Balaban J connectivity index is 3.18. The Morgan fingerprint density at radius 3 is 2.59 bits per heavy atom. The number of hydrogen-bond acceptors (Lipinski definition) is 4. The van der Waals surface area contributed by atoms with Crippen molar-refractivity contribution in [3.63, 3.8) is 0 Å². The van der Waals surface area contributed by atoms with Crippen molar-refractivity contribution in [1.82, 2.24) is 9.78 Å². The van der Waals surface area contributed by atoms with Gasteiger partial charge in [-0.2, -0.15) is 5.10 Å². The minimum Gasteiger partial charge on any atom is -0.461 e. The Kier molecular flexibility index (Phi) is 4.54. The monoisotopic (exact) mass is 239 g/mol. The first-order valence-electron chi connectivity index (χ1n) is 6.06. The lowest BCUT2D eigenvalue weighted by Crippen LogP contribution is -2.09. The summed E-state index contributed by atoms with van der Waals surface area (Å²) in [4.78, 5) is 11.8. The highest BCUT2D eigenvalue weighted by Gasteiger charge is 2.22. The molecule has 0 amide bonds. The second-order valence-corrected chi connectivity index (χ2v) is 4.22. The summed E-state index contributed by atoms with van der Waals surface area (Å²) in [7, 11) is 0. The smallest absolute Gasteiger partial charge is 0.359 e. The Hall–Kier alpha value is -1.52. The van der Waals surface area contributed by atoms with Gasteiger partial charge in [-0.15, -0.1) is 0 Å². The predicted octanol–water partition coefficient (Wildman–Crippen LogP) is 2.18. The van der Waals surface area contributed by atoms with Gasteiger partial charge in [0.2, 0.25) is 0 Å². The summed E-state index contributed by atoms with van der Waals surface area (Å²) >= 11 is 0. The molecule has 0 fully saturated rings. The van der Waals surface area contributed by atoms with Gasteiger partial charge in [-0.05, 0) is 27.2 Å². The number of nitrogens with two attached hydrogens (primary N) is 1. The summed E-state index contributed by atoms with van der Waals surface area (Å²) < 4.78 is 6.67. The van der Waals surface area contributed by atoms with Crippen molar-refractivity contribution in [2.24, 2.45) is 0 Å². The molecule has 0 radical (unpaired) electrons. The van der Waals surface area contributed by atoms with Crippen LogP contribution in [0.1, 0.15) is 56.2 Å². The van der Waals surface area contributed by atoms with E-state index < -0.39 is 0 Å². The molecule has 5 heteroatoms. The van der Waals surface area contributed by atoms with Crippen LogP contribution in [-0.4, -0.2) is 22.4 Å². The molecule has 0 spiro atoms. The number of carbonyl (C=O) groups excluding carboxylic acids is 1. The van der Waals surface area contributed by atoms with Crippen molar-refractivity contribution < 1.29 is 9.53 Å². The van der Waals surface area contributed by atoms with E-state index in [1.165, 1.54) is 0 Å². The minimum absolute atomic E-state index is 0.133. The van der Waals surface area contributed by atoms with E-state index in [4.69, 9.17) is 10.5 Å². The summed E-state index contributed by atoms with van der Waals surface area (Å²) in [6.07, 6.45) is 1.66. The number of rotatable bonds is 5. The maximum Gasteiger partial charge on any atom is 0.359 e. The Bertz CT molecular complexity index is 397. The maximum absolute atomic E-state index is 11.8. The predicted molar refractivity (Wildman–Crippen MR) is 67.0 cm³/mol. The molecule has 1 heterocycles. The zero-order valence-electron chi connectivity index (χ0n) is 11.0. The lowest BCUT2D eigenvalue weighted by molar-refractivity contribution is 0.0517. The molecule has 0 aliphatic rings. The molecular formula is C12H21N3O2. The minimum atomic E-state index is -0.387. The van der Waals surface area contributed by atoms with Crippen LogP contribution in [0.15, 0.2) is 0 Å². The van der Waals surface area contributed by atoms with Crippen LogP contribution in [-0.2, 0) is 11.2 Å². The topological polar surface area (TPSA) is 70.1 Å². The lowest BCUT2D eigenvalue weighted by atomic mass is 10.1. The average Bonchev–Trinajstić information content (AvgIpc) is 2.58. The van der Waals surface area contributed by atoms with Crippen LogP contribution in [0.3, 0.4) is 0 Å². The molecule has 0 bridgehead atoms. The highest BCUT2D eigenvalue weighted by Crippen LogP contribution is 2.22. The van der Waals surface area contributed by atoms with Gasteiger partial charge in [0, 0.05) is 11.6 Å². The number of nitrogen functional groups attached to an aromatic ring is 1. The maximum atomic E-state index is 11.8. The second-order valence-electron chi connectivity index (χ2n) is 4.22. The highest BCUT2D eigenvalue weighted by atomic mass is 16.5. The SMILES string of the molecule is CCCc1c(C(=O)OCC)nn(C(C)C)c1N. The quantitative estimate of drug-likeness (QED) is 0.799. The number of ether oxygens (including phenoxy) is 1. The van der Waals surface area contributed by atoms with E-state index in [0.717, 1.165) is 18.4 Å². The number of nitrogens with zero attached hydrogens (tertiary/aromatic N) is 2. The molecule has 2 N–H and O–H groups in total. The summed E-state index contributed by atoms with van der Waals surface area (Å²) in [5.41, 5.74) is 7.18. The number of anilines is 1. The molecule has 0 aliphatic carbocycles. The summed E-state index contributed by atoms with van der Waals surface area (Å²) in [6, 6.07) is 0.133. The number of esters is 1. The molecule has 0 saturated carbocycles. The summed E-state index contributed by atoms with van der Waals surface area (Å²) in [5.74, 6) is 0.187. The molecule has 17 heavy (non-hydrogen) atoms. The third-order valence-corrected chi connectivity index (χ3v) is 2.51. The fourth-order valence-electron chi connectivity index (χ4n) is 1.74. The highest BCUT2D eigenvalue weighted by molar-refractivity contribution is 5.90. The molecule has 0 unspecified atom stereocenters. The third kappa shape index (κ3) is 2.78. The largest absolute Gasteiger partial charge is 0.461 e. The summed E-state index contributed by atoms with van der Waals surface area (Å²) in [6.45, 7) is 8.13. The number of aromatic nitrogens is 2. The van der Waals surface area contributed by atoms with Crippen LogP contribution < -0.4 is 5.73 Å². The first-order chi connectivity index (χ1) is 8.02. The molecule has 0 saturated heterocycles. The molecular weight excluding hydrogens is 218 g/mol. The molecule has 1 aromatic heterocycles. The molecule has 0 atom stereocenters.